The van der Waals surface area contributed by atoms with E-state index in [1.165, 1.54) is 6.07 Å². The minimum Gasteiger partial charge on any atom is -0.478 e. The van der Waals surface area contributed by atoms with Crippen molar-refractivity contribution in [2.24, 2.45) is 0 Å². The molecule has 0 unspecified atom stereocenters. The van der Waals surface area contributed by atoms with Gasteiger partial charge in [-0.05, 0) is 36.2 Å². The van der Waals surface area contributed by atoms with Gasteiger partial charge in [-0.15, -0.1) is 0 Å². The smallest absolute Gasteiger partial charge is 0.336 e. The predicted octanol–water partition coefficient (Wildman–Crippen LogP) is 3.41. The Kier molecular flexibility index (Phi) is 3.11. The predicted molar refractivity (Wildman–Crippen MR) is 66.4 cm³/mol. The molecule has 1 aromatic carbocycles. The van der Waals surface area contributed by atoms with E-state index in [-0.39, 0.29) is 5.56 Å². The lowest BCUT2D eigenvalue weighted by Gasteiger charge is -2.08. The summed E-state index contributed by atoms with van der Waals surface area (Å²) in [5.41, 5.74) is 2.60. The van der Waals surface area contributed by atoms with Gasteiger partial charge in [-0.1, -0.05) is 17.7 Å². The van der Waals surface area contributed by atoms with Crippen LogP contribution in [0.3, 0.4) is 0 Å². The van der Waals surface area contributed by atoms with Gasteiger partial charge in [-0.25, -0.2) is 4.79 Å². The molecule has 1 aromatic heterocycles. The third-order valence-corrected chi connectivity index (χ3v) is 2.78. The van der Waals surface area contributed by atoms with Crippen molar-refractivity contribution in [1.29, 1.82) is 0 Å². The molecule has 17 heavy (non-hydrogen) atoms. The van der Waals surface area contributed by atoms with Crippen molar-refractivity contribution >= 4 is 17.6 Å². The molecule has 0 spiro atoms. The summed E-state index contributed by atoms with van der Waals surface area (Å²) in [5, 5.41) is 9.57. The molecule has 2 aromatic rings. The molecule has 3 nitrogen and oxygen atoms in total. The number of carbonyl (C=O) groups is 1. The first-order chi connectivity index (χ1) is 8.09. The van der Waals surface area contributed by atoms with Gasteiger partial charge in [-0.3, -0.25) is 4.98 Å². The number of carboxylic acid groups (broad SMARTS) is 1. The fraction of sp³-hybridized carbons (Fsp3) is 0.0769. The van der Waals surface area contributed by atoms with Crippen molar-refractivity contribution in [2.45, 2.75) is 6.92 Å². The SMILES string of the molecule is Cc1ccncc1-c1ccc(Cl)cc1C(=O)O. The van der Waals surface area contributed by atoms with Crippen LogP contribution in [0.4, 0.5) is 0 Å². The van der Waals surface area contributed by atoms with Gasteiger partial charge in [0.05, 0.1) is 5.56 Å². The highest BCUT2D eigenvalue weighted by Crippen LogP contribution is 2.28. The minimum atomic E-state index is -0.995. The summed E-state index contributed by atoms with van der Waals surface area (Å²) in [7, 11) is 0. The topological polar surface area (TPSA) is 50.2 Å². The van der Waals surface area contributed by atoms with Crippen molar-refractivity contribution < 1.29 is 9.90 Å². The Bertz CT molecular complexity index is 581. The number of rotatable bonds is 2. The number of aromatic carboxylic acids is 1. The van der Waals surface area contributed by atoms with Crippen LogP contribution >= 0.6 is 11.6 Å². The highest BCUT2D eigenvalue weighted by molar-refractivity contribution is 6.31. The zero-order chi connectivity index (χ0) is 12.4. The van der Waals surface area contributed by atoms with Gasteiger partial charge in [0.1, 0.15) is 0 Å². The van der Waals surface area contributed by atoms with Gasteiger partial charge < -0.3 is 5.11 Å². The third-order valence-electron chi connectivity index (χ3n) is 2.54. The van der Waals surface area contributed by atoms with Crippen LogP contribution in [0.5, 0.6) is 0 Å². The summed E-state index contributed by atoms with van der Waals surface area (Å²) >= 11 is 5.81. The average Bonchev–Trinajstić information content (AvgIpc) is 2.30. The van der Waals surface area contributed by atoms with Crippen molar-refractivity contribution in [2.75, 3.05) is 0 Å². The molecule has 0 radical (unpaired) electrons. The van der Waals surface area contributed by atoms with Crippen LogP contribution in [-0.2, 0) is 0 Å². The Morgan fingerprint density at radius 1 is 1.29 bits per heavy atom. The van der Waals surface area contributed by atoms with E-state index in [0.717, 1.165) is 11.1 Å². The number of pyridine rings is 1. The summed E-state index contributed by atoms with van der Waals surface area (Å²) in [6.45, 7) is 1.91. The molecule has 0 saturated heterocycles. The molecule has 0 saturated carbocycles. The van der Waals surface area contributed by atoms with E-state index in [2.05, 4.69) is 4.98 Å². The van der Waals surface area contributed by atoms with Crippen LogP contribution in [-0.4, -0.2) is 16.1 Å². The van der Waals surface area contributed by atoms with E-state index in [4.69, 9.17) is 16.7 Å². The number of carboxylic acids is 1. The van der Waals surface area contributed by atoms with Crippen LogP contribution in [0.15, 0.2) is 36.7 Å². The number of halogens is 1. The summed E-state index contributed by atoms with van der Waals surface area (Å²) in [5.74, 6) is -0.995. The first kappa shape index (κ1) is 11.6. The molecule has 0 fully saturated rings. The second kappa shape index (κ2) is 4.55. The van der Waals surface area contributed by atoms with E-state index in [1.807, 2.05) is 13.0 Å². The van der Waals surface area contributed by atoms with E-state index < -0.39 is 5.97 Å². The number of nitrogens with zero attached hydrogens (tertiary/aromatic N) is 1. The largest absolute Gasteiger partial charge is 0.478 e. The third kappa shape index (κ3) is 2.29. The number of hydrogen-bond donors (Lipinski definition) is 1. The van der Waals surface area contributed by atoms with Gasteiger partial charge in [-0.2, -0.15) is 0 Å². The van der Waals surface area contributed by atoms with Crippen LogP contribution in [0, 0.1) is 6.92 Å². The molecule has 0 aliphatic carbocycles. The fourth-order valence-electron chi connectivity index (χ4n) is 1.67. The van der Waals surface area contributed by atoms with Gasteiger partial charge in [0, 0.05) is 23.0 Å². The Morgan fingerprint density at radius 3 is 2.71 bits per heavy atom. The molecular weight excluding hydrogens is 238 g/mol. The summed E-state index contributed by atoms with van der Waals surface area (Å²) in [4.78, 5) is 15.2. The first-order valence-corrected chi connectivity index (χ1v) is 5.41. The molecular formula is C13H10ClNO2. The molecule has 1 N–H and O–H groups in total. The number of hydrogen-bond acceptors (Lipinski definition) is 2. The Hall–Kier alpha value is -1.87. The normalized spacial score (nSPS) is 10.2. The lowest BCUT2D eigenvalue weighted by atomic mass is 9.98. The minimum absolute atomic E-state index is 0.189. The van der Waals surface area contributed by atoms with Crippen LogP contribution in [0.2, 0.25) is 5.02 Å². The Labute approximate surface area is 104 Å². The Morgan fingerprint density at radius 2 is 2.06 bits per heavy atom. The van der Waals surface area contributed by atoms with Crippen LogP contribution in [0.25, 0.3) is 11.1 Å². The Balaban J connectivity index is 2.68. The monoisotopic (exact) mass is 247 g/mol. The maximum Gasteiger partial charge on any atom is 0.336 e. The number of aromatic nitrogens is 1. The van der Waals surface area contributed by atoms with Crippen LogP contribution < -0.4 is 0 Å². The number of benzene rings is 1. The maximum absolute atomic E-state index is 11.2. The lowest BCUT2D eigenvalue weighted by Crippen LogP contribution is -2.00. The molecule has 0 amide bonds. The van der Waals surface area contributed by atoms with Gasteiger partial charge >= 0.3 is 5.97 Å². The molecule has 0 aliphatic heterocycles. The van der Waals surface area contributed by atoms with Crippen molar-refractivity contribution in [3.63, 3.8) is 0 Å². The second-order valence-electron chi connectivity index (χ2n) is 3.69. The summed E-state index contributed by atoms with van der Waals surface area (Å²) < 4.78 is 0. The van der Waals surface area contributed by atoms with Gasteiger partial charge in [0.15, 0.2) is 0 Å². The number of aryl methyl sites for hydroxylation is 1. The van der Waals surface area contributed by atoms with E-state index >= 15 is 0 Å². The highest BCUT2D eigenvalue weighted by atomic mass is 35.5. The van der Waals surface area contributed by atoms with Gasteiger partial charge in [0.2, 0.25) is 0 Å². The molecule has 0 atom stereocenters. The zero-order valence-electron chi connectivity index (χ0n) is 9.14. The summed E-state index contributed by atoms with van der Waals surface area (Å²) in [6, 6.07) is 6.67. The van der Waals surface area contributed by atoms with Crippen molar-refractivity contribution in [3.05, 3.63) is 52.8 Å². The quantitative estimate of drug-likeness (QED) is 0.885. The van der Waals surface area contributed by atoms with Crippen molar-refractivity contribution in [1.82, 2.24) is 4.98 Å². The van der Waals surface area contributed by atoms with Gasteiger partial charge in [0.25, 0.3) is 0 Å². The molecule has 4 heteroatoms. The molecule has 2 rings (SSSR count). The molecule has 1 heterocycles. The lowest BCUT2D eigenvalue weighted by molar-refractivity contribution is 0.0697. The maximum atomic E-state index is 11.2. The average molecular weight is 248 g/mol. The summed E-state index contributed by atoms with van der Waals surface area (Å²) in [6.07, 6.45) is 3.33. The first-order valence-electron chi connectivity index (χ1n) is 5.03. The molecule has 0 aliphatic rings. The van der Waals surface area contributed by atoms with E-state index in [1.54, 1.807) is 24.5 Å². The van der Waals surface area contributed by atoms with E-state index in [9.17, 15) is 4.79 Å². The molecule has 0 bridgehead atoms. The van der Waals surface area contributed by atoms with Crippen LogP contribution in [0.1, 0.15) is 15.9 Å². The molecule has 86 valence electrons. The fourth-order valence-corrected chi connectivity index (χ4v) is 1.85. The second-order valence-corrected chi connectivity index (χ2v) is 4.12. The highest BCUT2D eigenvalue weighted by Gasteiger charge is 2.13. The zero-order valence-corrected chi connectivity index (χ0v) is 9.90. The standard InChI is InChI=1S/C13H10ClNO2/c1-8-4-5-15-7-12(8)10-3-2-9(14)6-11(10)13(16)17/h2-7H,1H3,(H,16,17). The van der Waals surface area contributed by atoms with E-state index in [0.29, 0.717) is 10.6 Å². The van der Waals surface area contributed by atoms with Crippen molar-refractivity contribution in [3.8, 4) is 11.1 Å².